The lowest BCUT2D eigenvalue weighted by atomic mass is 10.2. The summed E-state index contributed by atoms with van der Waals surface area (Å²) in [4.78, 5) is 19.7. The van der Waals surface area contributed by atoms with E-state index in [1.807, 2.05) is 72.2 Å². The number of nitrogens with zero attached hydrogens (tertiary/aromatic N) is 3. The van der Waals surface area contributed by atoms with Crippen molar-refractivity contribution in [2.45, 2.75) is 13.5 Å². The van der Waals surface area contributed by atoms with E-state index in [1.54, 1.807) is 12.1 Å². The quantitative estimate of drug-likeness (QED) is 0.482. The number of anilines is 2. The van der Waals surface area contributed by atoms with Crippen molar-refractivity contribution in [3.05, 3.63) is 89.9 Å². The van der Waals surface area contributed by atoms with Crippen LogP contribution in [-0.2, 0) is 11.3 Å². The van der Waals surface area contributed by atoms with Crippen LogP contribution in [-0.4, -0.2) is 41.6 Å². The van der Waals surface area contributed by atoms with Crippen LogP contribution >= 0.6 is 0 Å². The van der Waals surface area contributed by atoms with Crippen LogP contribution in [0.15, 0.2) is 73.1 Å². The minimum Gasteiger partial charge on any atom is -0.487 e. The number of amides is 1. The van der Waals surface area contributed by atoms with Gasteiger partial charge in [-0.2, -0.15) is 0 Å². The van der Waals surface area contributed by atoms with E-state index < -0.39 is 0 Å². The highest BCUT2D eigenvalue weighted by atomic mass is 16.5. The Bertz CT molecular complexity index is 1260. The minimum atomic E-state index is -0.178. The van der Waals surface area contributed by atoms with Crippen LogP contribution < -0.4 is 15.0 Å². The summed E-state index contributed by atoms with van der Waals surface area (Å²) >= 11 is 0. The van der Waals surface area contributed by atoms with Crippen LogP contribution in [0.1, 0.15) is 21.6 Å². The lowest BCUT2D eigenvalue weighted by Gasteiger charge is -2.28. The Hall–Kier alpha value is -3.84. The molecule has 0 spiro atoms. The lowest BCUT2D eigenvalue weighted by molar-refractivity contribution is 0.102. The maximum absolute atomic E-state index is 12.8. The number of carbonyl (C=O) groups is 1. The number of nitrogens with one attached hydrogen (secondary N) is 1. The molecule has 0 atom stereocenters. The van der Waals surface area contributed by atoms with Gasteiger partial charge < -0.3 is 24.1 Å². The van der Waals surface area contributed by atoms with Gasteiger partial charge in [-0.15, -0.1) is 0 Å². The van der Waals surface area contributed by atoms with Crippen LogP contribution in [0.2, 0.25) is 0 Å². The number of carbonyl (C=O) groups excluding carboxylic acids is 1. The number of aromatic nitrogens is 2. The number of hydrogen-bond donors (Lipinski definition) is 1. The van der Waals surface area contributed by atoms with Gasteiger partial charge in [0.1, 0.15) is 18.0 Å². The molecule has 2 aromatic heterocycles. The smallest absolute Gasteiger partial charge is 0.255 e. The molecule has 1 fully saturated rings. The first kappa shape index (κ1) is 21.0. The van der Waals surface area contributed by atoms with E-state index in [-0.39, 0.29) is 5.91 Å². The molecule has 33 heavy (non-hydrogen) atoms. The van der Waals surface area contributed by atoms with Crippen LogP contribution in [0, 0.1) is 6.92 Å². The van der Waals surface area contributed by atoms with Crippen molar-refractivity contribution in [2.75, 3.05) is 36.5 Å². The summed E-state index contributed by atoms with van der Waals surface area (Å²) in [6, 6.07) is 19.1. The molecule has 1 aliphatic heterocycles. The molecule has 7 heteroatoms. The summed E-state index contributed by atoms with van der Waals surface area (Å²) in [6.07, 6.45) is 3.93. The number of fused-ring (bicyclic) bond motifs is 1. The van der Waals surface area contributed by atoms with E-state index in [0.717, 1.165) is 54.6 Å². The molecule has 4 aromatic rings. The minimum absolute atomic E-state index is 0.178. The third kappa shape index (κ3) is 4.83. The van der Waals surface area contributed by atoms with Gasteiger partial charge in [-0.25, -0.2) is 4.98 Å². The maximum atomic E-state index is 12.8. The summed E-state index contributed by atoms with van der Waals surface area (Å²) in [7, 11) is 0. The molecular weight excluding hydrogens is 416 g/mol. The molecule has 0 radical (unpaired) electrons. The van der Waals surface area contributed by atoms with Gasteiger partial charge in [0.2, 0.25) is 0 Å². The average molecular weight is 443 g/mol. The van der Waals surface area contributed by atoms with E-state index in [0.29, 0.717) is 17.9 Å². The van der Waals surface area contributed by atoms with Crippen molar-refractivity contribution in [3.8, 4) is 5.75 Å². The van der Waals surface area contributed by atoms with E-state index in [9.17, 15) is 4.79 Å². The molecule has 7 nitrogen and oxygen atoms in total. The highest BCUT2D eigenvalue weighted by Crippen LogP contribution is 2.21. The number of morpholine rings is 1. The number of pyridine rings is 1. The van der Waals surface area contributed by atoms with Crippen molar-refractivity contribution >= 4 is 22.9 Å². The predicted molar refractivity (Wildman–Crippen MR) is 128 cm³/mol. The summed E-state index contributed by atoms with van der Waals surface area (Å²) < 4.78 is 13.3. The van der Waals surface area contributed by atoms with E-state index in [2.05, 4.69) is 15.2 Å². The molecule has 168 valence electrons. The van der Waals surface area contributed by atoms with Crippen LogP contribution in [0.5, 0.6) is 5.75 Å². The Labute approximate surface area is 192 Å². The van der Waals surface area contributed by atoms with Gasteiger partial charge in [0.05, 0.1) is 18.9 Å². The monoisotopic (exact) mass is 442 g/mol. The number of rotatable bonds is 6. The highest BCUT2D eigenvalue weighted by molar-refractivity contribution is 6.04. The van der Waals surface area contributed by atoms with E-state index in [4.69, 9.17) is 9.47 Å². The summed E-state index contributed by atoms with van der Waals surface area (Å²) in [5.74, 6) is 0.446. The second-order valence-electron chi connectivity index (χ2n) is 8.07. The van der Waals surface area contributed by atoms with Gasteiger partial charge >= 0.3 is 0 Å². The fraction of sp³-hybridized carbons (Fsp3) is 0.231. The molecule has 3 heterocycles. The molecule has 1 amide bonds. The molecule has 1 saturated heterocycles. The van der Waals surface area contributed by atoms with Gasteiger partial charge in [-0.3, -0.25) is 4.79 Å². The van der Waals surface area contributed by atoms with Crippen molar-refractivity contribution in [1.82, 2.24) is 9.38 Å². The predicted octanol–water partition coefficient (Wildman–Crippen LogP) is 4.31. The number of aryl methyl sites for hydroxylation is 1. The summed E-state index contributed by atoms with van der Waals surface area (Å²) in [5.41, 5.74) is 5.29. The van der Waals surface area contributed by atoms with Gasteiger partial charge in [0.15, 0.2) is 0 Å². The molecule has 1 N–H and O–H groups in total. The van der Waals surface area contributed by atoms with Crippen LogP contribution in [0.3, 0.4) is 0 Å². The molecular formula is C26H26N4O3. The Morgan fingerprint density at radius 3 is 2.70 bits per heavy atom. The van der Waals surface area contributed by atoms with Gasteiger partial charge in [0.25, 0.3) is 5.91 Å². The van der Waals surface area contributed by atoms with Crippen molar-refractivity contribution in [3.63, 3.8) is 0 Å². The zero-order chi connectivity index (χ0) is 22.6. The fourth-order valence-corrected chi connectivity index (χ4v) is 3.94. The standard InChI is InChI=1S/C26H26N4O3/c1-19-4-3-11-30-17-22(27-25(19)30)18-33-24-6-2-5-20(16-24)26(31)28-21-7-9-23(10-8-21)29-12-14-32-15-13-29/h2-11,16-17H,12-15,18H2,1H3,(H,28,31). The second-order valence-corrected chi connectivity index (χ2v) is 8.07. The largest absolute Gasteiger partial charge is 0.487 e. The Kier molecular flexibility index (Phi) is 5.95. The maximum Gasteiger partial charge on any atom is 0.255 e. The number of hydrogen-bond acceptors (Lipinski definition) is 5. The first-order valence-corrected chi connectivity index (χ1v) is 11.1. The van der Waals surface area contributed by atoms with Crippen LogP contribution in [0.25, 0.3) is 5.65 Å². The molecule has 0 aliphatic carbocycles. The molecule has 0 unspecified atom stereocenters. The number of imidazole rings is 1. The normalized spacial score (nSPS) is 13.8. The summed E-state index contributed by atoms with van der Waals surface area (Å²) in [5, 5.41) is 2.96. The third-order valence-electron chi connectivity index (χ3n) is 5.71. The highest BCUT2D eigenvalue weighted by Gasteiger charge is 2.12. The average Bonchev–Trinajstić information content (AvgIpc) is 3.29. The second kappa shape index (κ2) is 9.34. The first-order chi connectivity index (χ1) is 16.2. The summed E-state index contributed by atoms with van der Waals surface area (Å²) in [6.45, 7) is 5.61. The Morgan fingerprint density at radius 1 is 1.09 bits per heavy atom. The van der Waals surface area contributed by atoms with E-state index >= 15 is 0 Å². The third-order valence-corrected chi connectivity index (χ3v) is 5.71. The van der Waals surface area contributed by atoms with E-state index in [1.165, 1.54) is 0 Å². The van der Waals surface area contributed by atoms with Gasteiger partial charge in [0, 0.05) is 42.4 Å². The number of benzene rings is 2. The topological polar surface area (TPSA) is 68.1 Å². The van der Waals surface area contributed by atoms with Crippen molar-refractivity contribution in [1.29, 1.82) is 0 Å². The molecule has 0 bridgehead atoms. The zero-order valence-corrected chi connectivity index (χ0v) is 18.5. The first-order valence-electron chi connectivity index (χ1n) is 11.1. The number of ether oxygens (including phenoxy) is 2. The Balaban J connectivity index is 1.21. The van der Waals surface area contributed by atoms with Gasteiger partial charge in [-0.1, -0.05) is 12.1 Å². The molecule has 1 aliphatic rings. The van der Waals surface area contributed by atoms with Crippen molar-refractivity contribution in [2.24, 2.45) is 0 Å². The van der Waals surface area contributed by atoms with Crippen molar-refractivity contribution < 1.29 is 14.3 Å². The lowest BCUT2D eigenvalue weighted by Crippen LogP contribution is -2.36. The molecule has 5 rings (SSSR count). The van der Waals surface area contributed by atoms with Gasteiger partial charge in [-0.05, 0) is 61.0 Å². The van der Waals surface area contributed by atoms with Crippen LogP contribution in [0.4, 0.5) is 11.4 Å². The zero-order valence-electron chi connectivity index (χ0n) is 18.5. The fourth-order valence-electron chi connectivity index (χ4n) is 3.94. The SMILES string of the molecule is Cc1cccn2cc(COc3cccc(C(=O)Nc4ccc(N5CCOCC5)cc4)c3)nc12. The molecule has 2 aromatic carbocycles. The molecule has 0 saturated carbocycles. The Morgan fingerprint density at radius 2 is 1.91 bits per heavy atom.